The third-order valence-corrected chi connectivity index (χ3v) is 4.42. The van der Waals surface area contributed by atoms with Gasteiger partial charge in [0.25, 0.3) is 0 Å². The van der Waals surface area contributed by atoms with E-state index in [2.05, 4.69) is 40.8 Å². The fraction of sp³-hybridized carbons (Fsp3) is 0.316. The molecule has 0 heterocycles. The molecule has 0 aromatic heterocycles. The molecule has 0 saturated carbocycles. The number of halogens is 1. The van der Waals surface area contributed by atoms with Gasteiger partial charge in [-0.3, -0.25) is 0 Å². The van der Waals surface area contributed by atoms with Crippen molar-refractivity contribution in [3.05, 3.63) is 45.5 Å². The van der Waals surface area contributed by atoms with Gasteiger partial charge in [-0.2, -0.15) is 0 Å². The van der Waals surface area contributed by atoms with Crippen molar-refractivity contribution in [3.8, 4) is 22.6 Å². The molecule has 0 unspecified atom stereocenters. The first kappa shape index (κ1) is 17.8. The van der Waals surface area contributed by atoms with E-state index in [1.165, 1.54) is 5.56 Å². The highest BCUT2D eigenvalue weighted by molar-refractivity contribution is 14.1. The van der Waals surface area contributed by atoms with E-state index in [0.717, 1.165) is 51.7 Å². The molecule has 0 fully saturated rings. The van der Waals surface area contributed by atoms with Crippen LogP contribution in [0.15, 0.2) is 36.4 Å². The lowest BCUT2D eigenvalue weighted by Crippen LogP contribution is -1.95. The Hall–Kier alpha value is -1.56. The minimum Gasteiger partial charge on any atom is -0.496 e. The molecule has 0 spiro atoms. The quantitative estimate of drug-likeness (QED) is 0.344. The zero-order valence-corrected chi connectivity index (χ0v) is 15.6. The van der Waals surface area contributed by atoms with Crippen LogP contribution >= 0.6 is 22.6 Å². The molecule has 0 saturated heterocycles. The van der Waals surface area contributed by atoms with Crippen molar-refractivity contribution in [1.82, 2.24) is 0 Å². The van der Waals surface area contributed by atoms with Gasteiger partial charge >= 0.3 is 0 Å². The van der Waals surface area contributed by atoms with Crippen molar-refractivity contribution < 1.29 is 14.3 Å². The summed E-state index contributed by atoms with van der Waals surface area (Å²) in [6.07, 6.45) is 4.51. The summed E-state index contributed by atoms with van der Waals surface area (Å²) in [5, 5.41) is 0. The second-order valence-corrected chi connectivity index (χ2v) is 6.54. The average Bonchev–Trinajstić information content (AvgIpc) is 2.58. The molecule has 0 aliphatic heterocycles. The van der Waals surface area contributed by atoms with Crippen LogP contribution in [0.25, 0.3) is 11.1 Å². The zero-order chi connectivity index (χ0) is 16.7. The number of hydrogen-bond acceptors (Lipinski definition) is 3. The highest BCUT2D eigenvalue weighted by atomic mass is 127. The number of benzene rings is 2. The van der Waals surface area contributed by atoms with Crippen molar-refractivity contribution in [1.29, 1.82) is 0 Å². The van der Waals surface area contributed by atoms with Gasteiger partial charge in [-0.15, -0.1) is 0 Å². The van der Waals surface area contributed by atoms with Crippen LogP contribution in [0, 0.1) is 3.57 Å². The molecule has 0 radical (unpaired) electrons. The first-order chi connectivity index (χ1) is 11.2. The first-order valence-electron chi connectivity index (χ1n) is 7.64. The van der Waals surface area contributed by atoms with Crippen LogP contribution in [0.5, 0.6) is 11.5 Å². The lowest BCUT2D eigenvalue weighted by molar-refractivity contribution is -0.107. The lowest BCUT2D eigenvalue weighted by Gasteiger charge is -2.14. The summed E-state index contributed by atoms with van der Waals surface area (Å²) in [6.45, 7) is 0. The normalized spacial score (nSPS) is 10.4. The molecule has 122 valence electrons. The van der Waals surface area contributed by atoms with Crippen molar-refractivity contribution in [2.75, 3.05) is 14.2 Å². The standard InChI is InChI=1S/C19H21IO3/c1-22-18-9-7-14(6-4-3-5-11-21)12-16(18)17-13-15(20)8-10-19(17)23-2/h7-13H,3-6H2,1-2H3. The van der Waals surface area contributed by atoms with Crippen molar-refractivity contribution in [2.24, 2.45) is 0 Å². The van der Waals surface area contributed by atoms with E-state index in [-0.39, 0.29) is 0 Å². The van der Waals surface area contributed by atoms with E-state index >= 15 is 0 Å². The average molecular weight is 424 g/mol. The zero-order valence-electron chi connectivity index (χ0n) is 13.5. The lowest BCUT2D eigenvalue weighted by atomic mass is 9.98. The maximum atomic E-state index is 10.4. The largest absolute Gasteiger partial charge is 0.496 e. The number of aldehydes is 1. The predicted octanol–water partition coefficient (Wildman–Crippen LogP) is 4.89. The summed E-state index contributed by atoms with van der Waals surface area (Å²) in [5.41, 5.74) is 3.31. The molecule has 4 heteroatoms. The molecule has 2 rings (SSSR count). The number of rotatable bonds is 8. The third-order valence-electron chi connectivity index (χ3n) is 3.75. The van der Waals surface area contributed by atoms with Gasteiger partial charge in [0.2, 0.25) is 0 Å². The minimum absolute atomic E-state index is 0.633. The fourth-order valence-corrected chi connectivity index (χ4v) is 3.06. The summed E-state index contributed by atoms with van der Waals surface area (Å²) in [4.78, 5) is 10.4. The van der Waals surface area contributed by atoms with E-state index in [9.17, 15) is 4.79 Å². The number of methoxy groups -OCH3 is 2. The SMILES string of the molecule is COc1ccc(I)cc1-c1cc(CCCCC=O)ccc1OC. The Kier molecular flexibility index (Phi) is 6.89. The van der Waals surface area contributed by atoms with Crippen LogP contribution in [0.4, 0.5) is 0 Å². The Balaban J connectivity index is 2.36. The monoisotopic (exact) mass is 424 g/mol. The summed E-state index contributed by atoms with van der Waals surface area (Å²) >= 11 is 2.30. The van der Waals surface area contributed by atoms with Gasteiger partial charge in [0.15, 0.2) is 0 Å². The molecular weight excluding hydrogens is 403 g/mol. The minimum atomic E-state index is 0.633. The second-order valence-electron chi connectivity index (χ2n) is 5.29. The number of carbonyl (C=O) groups excluding carboxylic acids is 1. The van der Waals surface area contributed by atoms with Gasteiger partial charge < -0.3 is 14.3 Å². The smallest absolute Gasteiger partial charge is 0.126 e. The van der Waals surface area contributed by atoms with E-state index in [1.807, 2.05) is 18.2 Å². The molecule has 0 amide bonds. The van der Waals surface area contributed by atoms with E-state index in [0.29, 0.717) is 6.42 Å². The van der Waals surface area contributed by atoms with Crippen LogP contribution in [0.2, 0.25) is 0 Å². The maximum absolute atomic E-state index is 10.4. The van der Waals surface area contributed by atoms with Crippen LogP contribution in [-0.4, -0.2) is 20.5 Å². The summed E-state index contributed by atoms with van der Waals surface area (Å²) in [6, 6.07) is 12.4. The van der Waals surface area contributed by atoms with E-state index in [4.69, 9.17) is 9.47 Å². The van der Waals surface area contributed by atoms with Crippen molar-refractivity contribution >= 4 is 28.9 Å². The van der Waals surface area contributed by atoms with Crippen molar-refractivity contribution in [2.45, 2.75) is 25.7 Å². The molecule has 2 aromatic rings. The Morgan fingerprint density at radius 3 is 2.26 bits per heavy atom. The summed E-state index contributed by atoms with van der Waals surface area (Å²) < 4.78 is 12.2. The second kappa shape index (κ2) is 8.91. The van der Waals surface area contributed by atoms with Gasteiger partial charge in [0.05, 0.1) is 14.2 Å². The third kappa shape index (κ3) is 4.70. The van der Waals surface area contributed by atoms with Crippen LogP contribution in [-0.2, 0) is 11.2 Å². The number of unbranched alkanes of at least 4 members (excludes halogenated alkanes) is 2. The molecule has 3 nitrogen and oxygen atoms in total. The molecule has 2 aromatic carbocycles. The van der Waals surface area contributed by atoms with Gasteiger partial charge in [0, 0.05) is 21.1 Å². The number of aryl methyl sites for hydroxylation is 1. The van der Waals surface area contributed by atoms with Gasteiger partial charge in [0.1, 0.15) is 17.8 Å². The first-order valence-corrected chi connectivity index (χ1v) is 8.72. The van der Waals surface area contributed by atoms with Crippen LogP contribution in [0.1, 0.15) is 24.8 Å². The summed E-state index contributed by atoms with van der Waals surface area (Å²) in [5.74, 6) is 1.67. The predicted molar refractivity (Wildman–Crippen MR) is 101 cm³/mol. The molecule has 0 N–H and O–H groups in total. The number of hydrogen-bond donors (Lipinski definition) is 0. The molecule has 0 aliphatic rings. The van der Waals surface area contributed by atoms with Crippen molar-refractivity contribution in [3.63, 3.8) is 0 Å². The Morgan fingerprint density at radius 1 is 0.957 bits per heavy atom. The molecule has 23 heavy (non-hydrogen) atoms. The van der Waals surface area contributed by atoms with Gasteiger partial charge in [-0.1, -0.05) is 6.07 Å². The number of carbonyl (C=O) groups is 1. The van der Waals surface area contributed by atoms with Gasteiger partial charge in [-0.05, 0) is 77.7 Å². The molecule has 0 atom stereocenters. The Morgan fingerprint density at radius 2 is 1.61 bits per heavy atom. The molecule has 0 bridgehead atoms. The number of ether oxygens (including phenoxy) is 2. The summed E-state index contributed by atoms with van der Waals surface area (Å²) in [7, 11) is 3.37. The Labute approximate surface area is 151 Å². The van der Waals surface area contributed by atoms with Crippen LogP contribution < -0.4 is 9.47 Å². The maximum Gasteiger partial charge on any atom is 0.126 e. The van der Waals surface area contributed by atoms with Crippen LogP contribution in [0.3, 0.4) is 0 Å². The molecule has 0 aliphatic carbocycles. The highest BCUT2D eigenvalue weighted by Crippen LogP contribution is 2.38. The topological polar surface area (TPSA) is 35.5 Å². The van der Waals surface area contributed by atoms with E-state index in [1.54, 1.807) is 14.2 Å². The highest BCUT2D eigenvalue weighted by Gasteiger charge is 2.12. The molecular formula is C19H21IO3. The van der Waals surface area contributed by atoms with Gasteiger partial charge in [-0.25, -0.2) is 0 Å². The fourth-order valence-electron chi connectivity index (χ4n) is 2.57. The van der Waals surface area contributed by atoms with E-state index < -0.39 is 0 Å². The Bertz CT molecular complexity index is 668.